The second-order valence-electron chi connectivity index (χ2n) is 5.74. The number of benzene rings is 2. The fraction of sp³-hybridized carbons (Fsp3) is 0.150. The molecule has 0 radical (unpaired) electrons. The zero-order valence-electron chi connectivity index (χ0n) is 14.8. The highest BCUT2D eigenvalue weighted by atomic mass is 32.2. The zero-order chi connectivity index (χ0) is 18.7. The van der Waals surface area contributed by atoms with Crippen LogP contribution in [-0.4, -0.2) is 32.2 Å². The summed E-state index contributed by atoms with van der Waals surface area (Å²) in [6.07, 6.45) is 7.13. The number of pyridine rings is 1. The van der Waals surface area contributed by atoms with E-state index in [1.165, 1.54) is 6.26 Å². The van der Waals surface area contributed by atoms with Crippen LogP contribution in [0.15, 0.2) is 75.5 Å². The van der Waals surface area contributed by atoms with E-state index in [-0.39, 0.29) is 0 Å². The minimum atomic E-state index is -3.20. The van der Waals surface area contributed by atoms with E-state index in [1.807, 2.05) is 36.6 Å². The van der Waals surface area contributed by atoms with E-state index in [4.69, 9.17) is 0 Å². The lowest BCUT2D eigenvalue weighted by atomic mass is 10.0. The third-order valence-electron chi connectivity index (χ3n) is 4.06. The SMILES string of the molecule is CSc1ccc(-c2ccccn2)c(SC)c1-c1ccc(S(C)(=O)=O)cc1. The molecule has 1 heterocycles. The summed E-state index contributed by atoms with van der Waals surface area (Å²) >= 11 is 3.36. The van der Waals surface area contributed by atoms with Gasteiger partial charge in [0.1, 0.15) is 0 Å². The molecule has 3 rings (SSSR count). The number of sulfone groups is 1. The standard InChI is InChI=1S/C20H19NO2S3/c1-24-18-12-11-16(17-6-4-5-13-21-17)20(25-2)19(18)14-7-9-15(10-8-14)26(3,22)23/h4-13H,1-3H3. The maximum Gasteiger partial charge on any atom is 0.175 e. The van der Waals surface area contributed by atoms with E-state index < -0.39 is 9.84 Å². The first-order valence-electron chi connectivity index (χ1n) is 7.92. The Kier molecular flexibility index (Phi) is 5.75. The molecule has 134 valence electrons. The first kappa shape index (κ1) is 19.0. The summed E-state index contributed by atoms with van der Waals surface area (Å²) in [4.78, 5) is 7.12. The van der Waals surface area contributed by atoms with Crippen molar-refractivity contribution in [3.8, 4) is 22.4 Å². The largest absolute Gasteiger partial charge is 0.256 e. The summed E-state index contributed by atoms with van der Waals surface area (Å²) in [6, 6.07) is 17.2. The summed E-state index contributed by atoms with van der Waals surface area (Å²) in [5.74, 6) is 0. The van der Waals surface area contributed by atoms with Crippen LogP contribution in [-0.2, 0) is 9.84 Å². The summed E-state index contributed by atoms with van der Waals surface area (Å²) < 4.78 is 23.5. The number of thioether (sulfide) groups is 2. The van der Waals surface area contributed by atoms with E-state index in [0.29, 0.717) is 4.90 Å². The molecular formula is C20H19NO2S3. The predicted molar refractivity (Wildman–Crippen MR) is 112 cm³/mol. The van der Waals surface area contributed by atoms with Crippen LogP contribution in [0, 0.1) is 0 Å². The Morgan fingerprint density at radius 2 is 1.62 bits per heavy atom. The molecule has 0 aliphatic rings. The van der Waals surface area contributed by atoms with Gasteiger partial charge in [0.2, 0.25) is 0 Å². The smallest absolute Gasteiger partial charge is 0.175 e. The van der Waals surface area contributed by atoms with Crippen LogP contribution >= 0.6 is 23.5 Å². The molecule has 3 nitrogen and oxygen atoms in total. The second kappa shape index (κ2) is 7.86. The number of nitrogens with zero attached hydrogens (tertiary/aromatic N) is 1. The lowest BCUT2D eigenvalue weighted by Gasteiger charge is -2.17. The van der Waals surface area contributed by atoms with Gasteiger partial charge in [0.25, 0.3) is 0 Å². The van der Waals surface area contributed by atoms with Crippen molar-refractivity contribution in [3.63, 3.8) is 0 Å². The Hall–Kier alpha value is -1.76. The lowest BCUT2D eigenvalue weighted by molar-refractivity contribution is 0.602. The van der Waals surface area contributed by atoms with Gasteiger partial charge in [-0.05, 0) is 48.4 Å². The fourth-order valence-corrected chi connectivity index (χ4v) is 4.96. The van der Waals surface area contributed by atoms with E-state index in [1.54, 1.807) is 41.9 Å². The Labute approximate surface area is 163 Å². The quantitative estimate of drug-likeness (QED) is 0.546. The van der Waals surface area contributed by atoms with Crippen LogP contribution in [0.3, 0.4) is 0 Å². The Morgan fingerprint density at radius 3 is 2.15 bits per heavy atom. The number of aromatic nitrogens is 1. The van der Waals surface area contributed by atoms with Crippen LogP contribution in [0.1, 0.15) is 0 Å². The first-order valence-corrected chi connectivity index (χ1v) is 12.3. The Balaban J connectivity index is 2.22. The van der Waals surface area contributed by atoms with Gasteiger partial charge < -0.3 is 0 Å². The summed E-state index contributed by atoms with van der Waals surface area (Å²) in [6.45, 7) is 0. The van der Waals surface area contributed by atoms with Gasteiger partial charge in [-0.2, -0.15) is 0 Å². The average molecular weight is 402 g/mol. The topological polar surface area (TPSA) is 47.0 Å². The van der Waals surface area contributed by atoms with E-state index in [9.17, 15) is 8.42 Å². The molecular weight excluding hydrogens is 382 g/mol. The van der Waals surface area contributed by atoms with Crippen LogP contribution in [0.25, 0.3) is 22.4 Å². The van der Waals surface area contributed by atoms with Crippen molar-refractivity contribution in [1.29, 1.82) is 0 Å². The van der Waals surface area contributed by atoms with Gasteiger partial charge in [-0.1, -0.05) is 24.3 Å². The van der Waals surface area contributed by atoms with Gasteiger partial charge in [-0.3, -0.25) is 4.98 Å². The average Bonchev–Trinajstić information content (AvgIpc) is 2.66. The maximum atomic E-state index is 11.7. The predicted octanol–water partition coefficient (Wildman–Crippen LogP) is 5.26. The lowest BCUT2D eigenvalue weighted by Crippen LogP contribution is -1.97. The molecule has 0 saturated heterocycles. The molecule has 1 aromatic heterocycles. The summed E-state index contributed by atoms with van der Waals surface area (Å²) in [5, 5.41) is 0. The molecule has 6 heteroatoms. The fourth-order valence-electron chi connectivity index (χ4n) is 2.81. The van der Waals surface area contributed by atoms with Crippen molar-refractivity contribution in [3.05, 3.63) is 60.8 Å². The zero-order valence-corrected chi connectivity index (χ0v) is 17.2. The molecule has 0 unspecified atom stereocenters. The van der Waals surface area contributed by atoms with Crippen molar-refractivity contribution in [2.75, 3.05) is 18.8 Å². The molecule has 0 bridgehead atoms. The van der Waals surface area contributed by atoms with Crippen molar-refractivity contribution in [1.82, 2.24) is 4.98 Å². The van der Waals surface area contributed by atoms with Gasteiger partial charge in [0.15, 0.2) is 9.84 Å². The van der Waals surface area contributed by atoms with Crippen LogP contribution < -0.4 is 0 Å². The molecule has 3 aromatic rings. The van der Waals surface area contributed by atoms with E-state index in [0.717, 1.165) is 32.2 Å². The van der Waals surface area contributed by atoms with Gasteiger partial charge in [-0.15, -0.1) is 23.5 Å². The van der Waals surface area contributed by atoms with Crippen molar-refractivity contribution >= 4 is 33.4 Å². The molecule has 0 N–H and O–H groups in total. The number of rotatable bonds is 5. The number of hydrogen-bond acceptors (Lipinski definition) is 5. The third kappa shape index (κ3) is 3.82. The Bertz CT molecular complexity index is 1010. The van der Waals surface area contributed by atoms with E-state index >= 15 is 0 Å². The third-order valence-corrected chi connectivity index (χ3v) is 6.80. The van der Waals surface area contributed by atoms with Gasteiger partial charge in [0, 0.05) is 33.4 Å². The molecule has 26 heavy (non-hydrogen) atoms. The molecule has 0 amide bonds. The minimum Gasteiger partial charge on any atom is -0.256 e. The highest BCUT2D eigenvalue weighted by Crippen LogP contribution is 2.43. The van der Waals surface area contributed by atoms with Crippen LogP contribution in [0.5, 0.6) is 0 Å². The number of hydrogen-bond donors (Lipinski definition) is 0. The van der Waals surface area contributed by atoms with Crippen molar-refractivity contribution in [2.24, 2.45) is 0 Å². The summed E-state index contributed by atoms with van der Waals surface area (Å²) in [7, 11) is -3.20. The van der Waals surface area contributed by atoms with E-state index in [2.05, 4.69) is 23.4 Å². The van der Waals surface area contributed by atoms with Crippen LogP contribution in [0.2, 0.25) is 0 Å². The normalized spacial score (nSPS) is 11.5. The van der Waals surface area contributed by atoms with Gasteiger partial charge in [-0.25, -0.2) is 8.42 Å². The highest BCUT2D eigenvalue weighted by molar-refractivity contribution is 7.99. The molecule has 0 fully saturated rings. The van der Waals surface area contributed by atoms with Crippen LogP contribution in [0.4, 0.5) is 0 Å². The van der Waals surface area contributed by atoms with Crippen molar-refractivity contribution < 1.29 is 8.42 Å². The van der Waals surface area contributed by atoms with Gasteiger partial charge in [0.05, 0.1) is 10.6 Å². The summed E-state index contributed by atoms with van der Waals surface area (Å²) in [5.41, 5.74) is 4.13. The molecule has 0 atom stereocenters. The minimum absolute atomic E-state index is 0.332. The maximum absolute atomic E-state index is 11.7. The molecule has 0 aliphatic heterocycles. The second-order valence-corrected chi connectivity index (χ2v) is 9.42. The highest BCUT2D eigenvalue weighted by Gasteiger charge is 2.17. The first-order chi connectivity index (χ1) is 12.5. The monoisotopic (exact) mass is 401 g/mol. The Morgan fingerprint density at radius 1 is 0.885 bits per heavy atom. The van der Waals surface area contributed by atoms with Gasteiger partial charge >= 0.3 is 0 Å². The molecule has 0 aliphatic carbocycles. The van der Waals surface area contributed by atoms with Crippen molar-refractivity contribution in [2.45, 2.75) is 14.7 Å². The molecule has 0 spiro atoms. The molecule has 2 aromatic carbocycles. The molecule has 0 saturated carbocycles.